The van der Waals surface area contributed by atoms with Gasteiger partial charge >= 0.3 is 0 Å². The molecule has 0 aliphatic carbocycles. The molecule has 0 aliphatic heterocycles. The third kappa shape index (κ3) is 4.41. The first-order valence-corrected chi connectivity index (χ1v) is 7.02. The number of nitrogens with two attached hydrogens (primary N) is 1. The Hall–Kier alpha value is -2.17. The fourth-order valence-corrected chi connectivity index (χ4v) is 2.29. The van der Waals surface area contributed by atoms with E-state index in [1.807, 2.05) is 24.3 Å². The smallest absolute Gasteiger partial charge is 0.265 e. The summed E-state index contributed by atoms with van der Waals surface area (Å²) in [6.45, 7) is 1.65. The first kappa shape index (κ1) is 15.2. The monoisotopic (exact) mass is 283 g/mol. The predicted molar refractivity (Wildman–Crippen MR) is 84.6 cm³/mol. The lowest BCUT2D eigenvalue weighted by Crippen LogP contribution is -2.31. The number of rotatable bonds is 6. The lowest BCUT2D eigenvalue weighted by Gasteiger charge is -2.18. The summed E-state index contributed by atoms with van der Waals surface area (Å²) >= 11 is 0. The van der Waals surface area contributed by atoms with Gasteiger partial charge in [-0.15, -0.1) is 0 Å². The Kier molecular flexibility index (Phi) is 5.49. The molecule has 0 unspecified atom stereocenters. The Morgan fingerprint density at radius 2 is 1.76 bits per heavy atom. The second-order valence-electron chi connectivity index (χ2n) is 5.10. The molecule has 0 saturated carbocycles. The molecule has 2 aromatic carbocycles. The number of nitrogen functional groups attached to an aromatic ring is 1. The molecule has 0 atom stereocenters. The van der Waals surface area contributed by atoms with E-state index in [0.29, 0.717) is 5.56 Å². The topological polar surface area (TPSA) is 58.4 Å². The van der Waals surface area contributed by atoms with Crippen molar-refractivity contribution < 1.29 is 4.79 Å². The molecule has 2 rings (SSSR count). The highest BCUT2D eigenvalue weighted by molar-refractivity contribution is 5.95. The third-order valence-electron chi connectivity index (χ3n) is 3.46. The third-order valence-corrected chi connectivity index (χ3v) is 3.46. The van der Waals surface area contributed by atoms with Crippen LogP contribution in [0.1, 0.15) is 21.5 Å². The summed E-state index contributed by atoms with van der Waals surface area (Å²) in [5, 5.41) is 0. The molecule has 2 aromatic rings. The molecule has 21 heavy (non-hydrogen) atoms. The molecule has 0 aliphatic rings. The summed E-state index contributed by atoms with van der Waals surface area (Å²) in [5.74, 6) is 4.98. The average Bonchev–Trinajstić information content (AvgIpc) is 2.54. The number of benzene rings is 2. The molecule has 0 bridgehead atoms. The minimum Gasteiger partial charge on any atom is -0.302 e. The van der Waals surface area contributed by atoms with Gasteiger partial charge in [0.1, 0.15) is 0 Å². The number of hydrazine groups is 1. The number of amides is 1. The van der Waals surface area contributed by atoms with E-state index in [1.54, 1.807) is 6.07 Å². The van der Waals surface area contributed by atoms with Gasteiger partial charge in [0.15, 0.2) is 0 Å². The largest absolute Gasteiger partial charge is 0.302 e. The maximum Gasteiger partial charge on any atom is 0.265 e. The van der Waals surface area contributed by atoms with Crippen molar-refractivity contribution >= 4 is 5.91 Å². The lowest BCUT2D eigenvalue weighted by molar-refractivity contribution is 0.0952. The number of carbonyl (C=O) groups is 1. The fourth-order valence-electron chi connectivity index (χ4n) is 2.29. The van der Waals surface area contributed by atoms with E-state index < -0.39 is 0 Å². The van der Waals surface area contributed by atoms with Gasteiger partial charge < -0.3 is 4.90 Å². The van der Waals surface area contributed by atoms with Gasteiger partial charge in [0, 0.05) is 18.7 Å². The molecule has 0 saturated heterocycles. The van der Waals surface area contributed by atoms with Crippen LogP contribution in [0, 0.1) is 0 Å². The molecular formula is C17H21N3O. The number of nitrogens with one attached hydrogen (secondary N) is 1. The molecule has 1 amide bonds. The van der Waals surface area contributed by atoms with Crippen LogP contribution in [-0.4, -0.2) is 24.4 Å². The van der Waals surface area contributed by atoms with Crippen molar-refractivity contribution in [1.82, 2.24) is 10.3 Å². The summed E-state index contributed by atoms with van der Waals surface area (Å²) in [5.41, 5.74) is 5.13. The fraction of sp³-hybridized carbons (Fsp3) is 0.235. The van der Waals surface area contributed by atoms with Gasteiger partial charge in [0.25, 0.3) is 5.91 Å². The number of carbonyl (C=O) groups excluding carboxylic acids is 1. The second kappa shape index (κ2) is 7.57. The van der Waals surface area contributed by atoms with E-state index in [9.17, 15) is 4.79 Å². The van der Waals surface area contributed by atoms with Crippen LogP contribution in [0.4, 0.5) is 0 Å². The zero-order valence-corrected chi connectivity index (χ0v) is 12.3. The zero-order chi connectivity index (χ0) is 15.1. The van der Waals surface area contributed by atoms with Crippen molar-refractivity contribution in [3.63, 3.8) is 0 Å². The molecule has 0 fully saturated rings. The van der Waals surface area contributed by atoms with E-state index in [-0.39, 0.29) is 5.91 Å². The summed E-state index contributed by atoms with van der Waals surface area (Å²) in [6, 6.07) is 17.9. The van der Waals surface area contributed by atoms with Gasteiger partial charge in [-0.05, 0) is 30.7 Å². The molecule has 0 radical (unpaired) electrons. The number of nitrogens with zero attached hydrogens (tertiary/aromatic N) is 1. The molecule has 110 valence electrons. The highest BCUT2D eigenvalue weighted by Crippen LogP contribution is 2.11. The molecule has 0 aromatic heterocycles. The van der Waals surface area contributed by atoms with Crippen molar-refractivity contribution in [3.8, 4) is 0 Å². The Morgan fingerprint density at radius 1 is 1.10 bits per heavy atom. The van der Waals surface area contributed by atoms with Gasteiger partial charge in [0.2, 0.25) is 0 Å². The first-order chi connectivity index (χ1) is 10.2. The lowest BCUT2D eigenvalue weighted by atomic mass is 10.1. The Balaban J connectivity index is 1.96. The Morgan fingerprint density at radius 3 is 2.48 bits per heavy atom. The zero-order valence-electron chi connectivity index (χ0n) is 12.3. The summed E-state index contributed by atoms with van der Waals surface area (Å²) < 4.78 is 0. The van der Waals surface area contributed by atoms with Crippen LogP contribution in [-0.2, 0) is 13.0 Å². The maximum absolute atomic E-state index is 11.7. The van der Waals surface area contributed by atoms with Gasteiger partial charge in [-0.3, -0.25) is 10.2 Å². The van der Waals surface area contributed by atoms with Crippen LogP contribution in [0.25, 0.3) is 0 Å². The highest BCUT2D eigenvalue weighted by atomic mass is 16.2. The molecular weight excluding hydrogens is 262 g/mol. The second-order valence-corrected chi connectivity index (χ2v) is 5.10. The van der Waals surface area contributed by atoms with E-state index in [4.69, 9.17) is 5.84 Å². The maximum atomic E-state index is 11.7. The van der Waals surface area contributed by atoms with Gasteiger partial charge in [-0.2, -0.15) is 0 Å². The quantitative estimate of drug-likeness (QED) is 0.484. The van der Waals surface area contributed by atoms with E-state index in [2.05, 4.69) is 41.6 Å². The van der Waals surface area contributed by atoms with Crippen molar-refractivity contribution in [1.29, 1.82) is 0 Å². The Labute approximate surface area is 125 Å². The first-order valence-electron chi connectivity index (χ1n) is 7.02. The van der Waals surface area contributed by atoms with Crippen molar-refractivity contribution in [2.75, 3.05) is 13.6 Å². The minimum absolute atomic E-state index is 0.248. The number of likely N-dealkylation sites (N-methyl/N-ethyl adjacent to an activating group) is 1. The molecule has 4 heteroatoms. The summed E-state index contributed by atoms with van der Waals surface area (Å²) in [6.07, 6.45) is 0.989. The van der Waals surface area contributed by atoms with Crippen LogP contribution < -0.4 is 11.3 Å². The summed E-state index contributed by atoms with van der Waals surface area (Å²) in [7, 11) is 2.06. The standard InChI is InChI=1S/C17H21N3O/c1-20(12-11-14-7-3-2-4-8-14)13-15-9-5-6-10-16(15)17(21)19-18/h2-10H,11-13,18H2,1H3,(H,19,21). The molecule has 0 spiro atoms. The van der Waals surface area contributed by atoms with E-state index >= 15 is 0 Å². The van der Waals surface area contributed by atoms with Crippen molar-refractivity contribution in [2.45, 2.75) is 13.0 Å². The van der Waals surface area contributed by atoms with Crippen molar-refractivity contribution in [3.05, 3.63) is 71.3 Å². The average molecular weight is 283 g/mol. The molecule has 4 nitrogen and oxygen atoms in total. The van der Waals surface area contributed by atoms with Gasteiger partial charge in [-0.1, -0.05) is 48.5 Å². The van der Waals surface area contributed by atoms with Crippen LogP contribution >= 0.6 is 0 Å². The van der Waals surface area contributed by atoms with Crippen LogP contribution in [0.3, 0.4) is 0 Å². The van der Waals surface area contributed by atoms with E-state index in [0.717, 1.165) is 25.1 Å². The van der Waals surface area contributed by atoms with Crippen LogP contribution in [0.5, 0.6) is 0 Å². The van der Waals surface area contributed by atoms with Crippen LogP contribution in [0.2, 0.25) is 0 Å². The number of hydrogen-bond acceptors (Lipinski definition) is 3. The highest BCUT2D eigenvalue weighted by Gasteiger charge is 2.11. The van der Waals surface area contributed by atoms with Gasteiger partial charge in [0.05, 0.1) is 0 Å². The number of hydrogen-bond donors (Lipinski definition) is 2. The van der Waals surface area contributed by atoms with Crippen molar-refractivity contribution in [2.24, 2.45) is 5.84 Å². The van der Waals surface area contributed by atoms with Crippen LogP contribution in [0.15, 0.2) is 54.6 Å². The minimum atomic E-state index is -0.248. The van der Waals surface area contributed by atoms with Gasteiger partial charge in [-0.25, -0.2) is 5.84 Å². The Bertz CT molecular complexity index is 584. The van der Waals surface area contributed by atoms with E-state index in [1.165, 1.54) is 5.56 Å². The molecule has 0 heterocycles. The summed E-state index contributed by atoms with van der Waals surface area (Å²) in [4.78, 5) is 13.9. The molecule has 3 N–H and O–H groups in total. The normalized spacial score (nSPS) is 10.6. The SMILES string of the molecule is CN(CCc1ccccc1)Cc1ccccc1C(=O)NN. The predicted octanol–water partition coefficient (Wildman–Crippen LogP) is 1.96.